The molecule has 0 saturated heterocycles. The van der Waals surface area contributed by atoms with Crippen molar-refractivity contribution in [2.75, 3.05) is 13.6 Å². The lowest BCUT2D eigenvalue weighted by Gasteiger charge is -2.28. The first-order valence-corrected chi connectivity index (χ1v) is 6.63. The van der Waals surface area contributed by atoms with E-state index in [0.717, 1.165) is 18.5 Å². The molecule has 1 rings (SSSR count). The highest BCUT2D eigenvalue weighted by atomic mass is 19.1. The molecule has 2 unspecified atom stereocenters. The summed E-state index contributed by atoms with van der Waals surface area (Å²) in [6.45, 7) is 7.63. The molecule has 2 atom stereocenters. The smallest absolute Gasteiger partial charge is 0.123 e. The molecule has 1 aromatic carbocycles. The second-order valence-corrected chi connectivity index (χ2v) is 5.41. The summed E-state index contributed by atoms with van der Waals surface area (Å²) in [7, 11) is 2.13. The van der Waals surface area contributed by atoms with E-state index in [4.69, 9.17) is 5.73 Å². The fourth-order valence-electron chi connectivity index (χ4n) is 1.93. The lowest BCUT2D eigenvalue weighted by molar-refractivity contribution is 0.202. The Balaban J connectivity index is 2.46. The van der Waals surface area contributed by atoms with E-state index in [1.54, 1.807) is 12.1 Å². The molecular formula is C15H25FN2. The van der Waals surface area contributed by atoms with Crippen LogP contribution in [0.25, 0.3) is 0 Å². The number of hydrogen-bond acceptors (Lipinski definition) is 2. The minimum atomic E-state index is -0.212. The maximum atomic E-state index is 12.8. The first-order valence-electron chi connectivity index (χ1n) is 6.63. The van der Waals surface area contributed by atoms with Gasteiger partial charge in [-0.05, 0) is 50.6 Å². The summed E-state index contributed by atoms with van der Waals surface area (Å²) < 4.78 is 12.8. The minimum absolute atomic E-state index is 0.0209. The van der Waals surface area contributed by atoms with Gasteiger partial charge in [0.1, 0.15) is 5.82 Å². The zero-order chi connectivity index (χ0) is 13.7. The Kier molecular flexibility index (Phi) is 5.76. The van der Waals surface area contributed by atoms with Gasteiger partial charge in [-0.15, -0.1) is 0 Å². The van der Waals surface area contributed by atoms with Gasteiger partial charge in [-0.1, -0.05) is 26.0 Å². The first kappa shape index (κ1) is 15.1. The van der Waals surface area contributed by atoms with E-state index in [1.165, 1.54) is 12.1 Å². The Hall–Kier alpha value is -0.930. The molecule has 18 heavy (non-hydrogen) atoms. The molecule has 0 amide bonds. The number of rotatable bonds is 6. The van der Waals surface area contributed by atoms with Gasteiger partial charge in [0, 0.05) is 12.1 Å². The van der Waals surface area contributed by atoms with Crippen molar-refractivity contribution in [3.05, 3.63) is 35.6 Å². The maximum Gasteiger partial charge on any atom is 0.123 e. The number of nitrogens with zero attached hydrogens (tertiary/aromatic N) is 1. The van der Waals surface area contributed by atoms with Crippen LogP contribution in [0.2, 0.25) is 0 Å². The van der Waals surface area contributed by atoms with E-state index in [1.807, 2.05) is 0 Å². The summed E-state index contributed by atoms with van der Waals surface area (Å²) in [5.74, 6) is 0.425. The standard InChI is InChI=1S/C15H25FN2/c1-11(2)12(3)18(4)10-9-15(17)13-5-7-14(16)8-6-13/h5-8,11-12,15H,9-10,17H2,1-4H3. The van der Waals surface area contributed by atoms with Gasteiger partial charge < -0.3 is 10.6 Å². The predicted molar refractivity (Wildman–Crippen MR) is 74.9 cm³/mol. The monoisotopic (exact) mass is 252 g/mol. The molecule has 0 bridgehead atoms. The van der Waals surface area contributed by atoms with Crippen molar-refractivity contribution >= 4 is 0 Å². The fourth-order valence-corrected chi connectivity index (χ4v) is 1.93. The summed E-state index contributed by atoms with van der Waals surface area (Å²) in [5.41, 5.74) is 7.12. The van der Waals surface area contributed by atoms with E-state index in [2.05, 4.69) is 32.7 Å². The van der Waals surface area contributed by atoms with Crippen molar-refractivity contribution in [3.8, 4) is 0 Å². The van der Waals surface area contributed by atoms with Gasteiger partial charge in [0.05, 0.1) is 0 Å². The van der Waals surface area contributed by atoms with E-state index >= 15 is 0 Å². The summed E-state index contributed by atoms with van der Waals surface area (Å²) in [6.07, 6.45) is 0.888. The zero-order valence-electron chi connectivity index (χ0n) is 11.9. The van der Waals surface area contributed by atoms with Crippen LogP contribution in [0.1, 0.15) is 38.8 Å². The number of nitrogens with two attached hydrogens (primary N) is 1. The molecule has 0 aliphatic carbocycles. The SMILES string of the molecule is CC(C)C(C)N(C)CCC(N)c1ccc(F)cc1. The van der Waals surface area contributed by atoms with E-state index in [9.17, 15) is 4.39 Å². The maximum absolute atomic E-state index is 12.8. The van der Waals surface area contributed by atoms with Crippen LogP contribution in [0.4, 0.5) is 4.39 Å². The molecule has 0 heterocycles. The highest BCUT2D eigenvalue weighted by Gasteiger charge is 2.14. The second kappa shape index (κ2) is 6.86. The van der Waals surface area contributed by atoms with Gasteiger partial charge in [0.15, 0.2) is 0 Å². The molecule has 0 aromatic heterocycles. The summed E-state index contributed by atoms with van der Waals surface area (Å²) in [6, 6.07) is 7.00. The van der Waals surface area contributed by atoms with Crippen LogP contribution in [0.3, 0.4) is 0 Å². The van der Waals surface area contributed by atoms with Crippen LogP contribution in [-0.4, -0.2) is 24.5 Å². The molecule has 0 fully saturated rings. The largest absolute Gasteiger partial charge is 0.324 e. The van der Waals surface area contributed by atoms with E-state index in [0.29, 0.717) is 12.0 Å². The molecule has 102 valence electrons. The lowest BCUT2D eigenvalue weighted by atomic mass is 10.0. The quantitative estimate of drug-likeness (QED) is 0.842. The van der Waals surface area contributed by atoms with Gasteiger partial charge >= 0.3 is 0 Å². The number of hydrogen-bond donors (Lipinski definition) is 1. The Morgan fingerprint density at radius 2 is 1.72 bits per heavy atom. The molecule has 0 spiro atoms. The molecule has 3 heteroatoms. The van der Waals surface area contributed by atoms with Crippen LogP contribution in [-0.2, 0) is 0 Å². The normalized spacial score (nSPS) is 15.1. The van der Waals surface area contributed by atoms with Crippen LogP contribution < -0.4 is 5.73 Å². The van der Waals surface area contributed by atoms with Gasteiger partial charge in [-0.25, -0.2) is 4.39 Å². The van der Waals surface area contributed by atoms with Gasteiger partial charge in [-0.3, -0.25) is 0 Å². The van der Waals surface area contributed by atoms with Crippen molar-refractivity contribution < 1.29 is 4.39 Å². The third-order valence-electron chi connectivity index (χ3n) is 3.75. The third kappa shape index (κ3) is 4.39. The average molecular weight is 252 g/mol. The van der Waals surface area contributed by atoms with Gasteiger partial charge in [0.25, 0.3) is 0 Å². The fraction of sp³-hybridized carbons (Fsp3) is 0.600. The van der Waals surface area contributed by atoms with Crippen molar-refractivity contribution in [1.82, 2.24) is 4.90 Å². The Morgan fingerprint density at radius 1 is 1.17 bits per heavy atom. The Labute approximate surface area is 110 Å². The lowest BCUT2D eigenvalue weighted by Crippen LogP contribution is -2.35. The van der Waals surface area contributed by atoms with Crippen LogP contribution in [0.5, 0.6) is 0 Å². The first-order chi connectivity index (χ1) is 8.41. The third-order valence-corrected chi connectivity index (χ3v) is 3.75. The Bertz CT molecular complexity index is 348. The summed E-state index contributed by atoms with van der Waals surface area (Å²) in [4.78, 5) is 2.33. The van der Waals surface area contributed by atoms with Crippen LogP contribution >= 0.6 is 0 Å². The molecule has 0 saturated carbocycles. The molecule has 2 N–H and O–H groups in total. The van der Waals surface area contributed by atoms with Crippen molar-refractivity contribution in [2.45, 2.75) is 39.3 Å². The molecule has 2 nitrogen and oxygen atoms in total. The minimum Gasteiger partial charge on any atom is -0.324 e. The predicted octanol–water partition coefficient (Wildman–Crippen LogP) is 3.19. The number of halogens is 1. The highest BCUT2D eigenvalue weighted by molar-refractivity contribution is 5.19. The van der Waals surface area contributed by atoms with Gasteiger partial charge in [-0.2, -0.15) is 0 Å². The Morgan fingerprint density at radius 3 is 2.22 bits per heavy atom. The zero-order valence-corrected chi connectivity index (χ0v) is 11.9. The van der Waals surface area contributed by atoms with Crippen LogP contribution in [0, 0.1) is 11.7 Å². The number of benzene rings is 1. The summed E-state index contributed by atoms with van der Waals surface area (Å²) in [5, 5.41) is 0. The summed E-state index contributed by atoms with van der Waals surface area (Å²) >= 11 is 0. The molecule has 0 radical (unpaired) electrons. The van der Waals surface area contributed by atoms with Crippen molar-refractivity contribution in [2.24, 2.45) is 11.7 Å². The van der Waals surface area contributed by atoms with Crippen molar-refractivity contribution in [3.63, 3.8) is 0 Å². The van der Waals surface area contributed by atoms with Crippen molar-refractivity contribution in [1.29, 1.82) is 0 Å². The molecular weight excluding hydrogens is 227 g/mol. The topological polar surface area (TPSA) is 29.3 Å². The second-order valence-electron chi connectivity index (χ2n) is 5.41. The molecule has 1 aromatic rings. The van der Waals surface area contributed by atoms with E-state index in [-0.39, 0.29) is 11.9 Å². The molecule has 0 aliphatic rings. The van der Waals surface area contributed by atoms with Crippen LogP contribution in [0.15, 0.2) is 24.3 Å². The van der Waals surface area contributed by atoms with Gasteiger partial charge in [0.2, 0.25) is 0 Å². The highest BCUT2D eigenvalue weighted by Crippen LogP contribution is 2.16. The van der Waals surface area contributed by atoms with E-state index < -0.39 is 0 Å². The molecule has 0 aliphatic heterocycles. The average Bonchev–Trinajstić information content (AvgIpc) is 2.35.